The van der Waals surface area contributed by atoms with Crippen LogP contribution in [-0.2, 0) is 23.1 Å². The average molecular weight is 687 g/mol. The third-order valence-corrected chi connectivity index (χ3v) is 9.88. The molecule has 1 N–H and O–H groups in total. The largest absolute Gasteiger partial charge is 0.498 e. The van der Waals surface area contributed by atoms with Gasteiger partial charge >= 0.3 is 7.82 Å². The highest BCUT2D eigenvalue weighted by molar-refractivity contribution is 7.47. The van der Waals surface area contributed by atoms with Crippen LogP contribution >= 0.6 is 7.82 Å². The first kappa shape index (κ1) is 46.2. The van der Waals surface area contributed by atoms with Gasteiger partial charge in [-0.1, -0.05) is 181 Å². The Kier molecular flexibility index (Phi) is 37.3. The standard InChI is InChI=1S/C40H79O6P/c1-4-6-8-10-12-14-16-18-20-22-24-26-28-30-32-34-36-44-38-40(39-46-47(41,42)43-3)45-37-35-33-31-29-27-25-23-21-19-17-15-13-11-9-7-5-2/h34-37,40H,4-33,38-39H2,1-3H3,(H,41,42)/t40-/m1/s1. The predicted molar refractivity (Wildman–Crippen MR) is 202 cm³/mol. The molecule has 0 saturated carbocycles. The Labute approximate surface area is 292 Å². The van der Waals surface area contributed by atoms with Crippen molar-refractivity contribution in [1.82, 2.24) is 0 Å². The quantitative estimate of drug-likeness (QED) is 0.0394. The Morgan fingerprint density at radius 3 is 1.21 bits per heavy atom. The van der Waals surface area contributed by atoms with Crippen LogP contribution in [0.25, 0.3) is 0 Å². The Bertz CT molecular complexity index is 713. The molecule has 0 saturated heterocycles. The molecular formula is C40H79O6P. The highest BCUT2D eigenvalue weighted by Gasteiger charge is 2.22. The normalized spacial score (nSPS) is 13.9. The van der Waals surface area contributed by atoms with E-state index < -0.39 is 13.9 Å². The summed E-state index contributed by atoms with van der Waals surface area (Å²) in [6.07, 6.45) is 47.0. The zero-order valence-electron chi connectivity index (χ0n) is 31.4. The van der Waals surface area contributed by atoms with Crippen LogP contribution in [0.2, 0.25) is 0 Å². The van der Waals surface area contributed by atoms with Gasteiger partial charge in [0.25, 0.3) is 0 Å². The van der Waals surface area contributed by atoms with E-state index in [1.807, 2.05) is 6.08 Å². The number of allylic oxidation sites excluding steroid dienone is 2. The Morgan fingerprint density at radius 1 is 0.511 bits per heavy atom. The van der Waals surface area contributed by atoms with Crippen molar-refractivity contribution in [2.45, 2.75) is 213 Å². The number of phosphoric acid groups is 1. The second-order valence-corrected chi connectivity index (χ2v) is 15.1. The maximum atomic E-state index is 11.7. The minimum absolute atomic E-state index is 0.0857. The second kappa shape index (κ2) is 38.0. The van der Waals surface area contributed by atoms with E-state index in [1.54, 1.807) is 12.5 Å². The molecule has 0 bridgehead atoms. The van der Waals surface area contributed by atoms with Crippen molar-refractivity contribution in [1.29, 1.82) is 0 Å². The highest BCUT2D eigenvalue weighted by Crippen LogP contribution is 2.42. The molecule has 0 aromatic carbocycles. The minimum atomic E-state index is -4.06. The van der Waals surface area contributed by atoms with Crippen molar-refractivity contribution in [2.75, 3.05) is 20.3 Å². The molecule has 0 spiro atoms. The van der Waals surface area contributed by atoms with Gasteiger partial charge in [0.1, 0.15) is 6.61 Å². The lowest BCUT2D eigenvalue weighted by Crippen LogP contribution is -2.22. The van der Waals surface area contributed by atoms with Crippen LogP contribution in [0.4, 0.5) is 0 Å². The van der Waals surface area contributed by atoms with Crippen LogP contribution in [0.15, 0.2) is 24.7 Å². The summed E-state index contributed by atoms with van der Waals surface area (Å²) in [4.78, 5) is 9.60. The Morgan fingerprint density at radius 2 is 0.851 bits per heavy atom. The van der Waals surface area contributed by atoms with Gasteiger partial charge in [0.05, 0.1) is 19.1 Å². The van der Waals surface area contributed by atoms with Crippen molar-refractivity contribution in [3.63, 3.8) is 0 Å². The van der Waals surface area contributed by atoms with Gasteiger partial charge in [-0.05, 0) is 37.8 Å². The Balaban J connectivity index is 3.85. The molecule has 280 valence electrons. The van der Waals surface area contributed by atoms with Gasteiger partial charge in [-0.25, -0.2) is 4.57 Å². The summed E-state index contributed by atoms with van der Waals surface area (Å²) >= 11 is 0. The zero-order valence-corrected chi connectivity index (χ0v) is 32.3. The zero-order chi connectivity index (χ0) is 34.4. The van der Waals surface area contributed by atoms with E-state index in [9.17, 15) is 9.46 Å². The molecule has 0 aliphatic rings. The smallest absolute Gasteiger partial charge is 0.472 e. The maximum absolute atomic E-state index is 11.7. The topological polar surface area (TPSA) is 74.2 Å². The number of unbranched alkanes of at least 4 members (excludes halogenated alkanes) is 28. The molecule has 0 aromatic heterocycles. The van der Waals surface area contributed by atoms with Crippen molar-refractivity contribution >= 4 is 7.82 Å². The fourth-order valence-corrected chi connectivity index (χ4v) is 6.26. The lowest BCUT2D eigenvalue weighted by Gasteiger charge is -2.17. The molecule has 2 atom stereocenters. The number of rotatable bonds is 39. The number of ether oxygens (including phenoxy) is 2. The summed E-state index contributed by atoms with van der Waals surface area (Å²) < 4.78 is 32.8. The molecule has 0 rings (SSSR count). The summed E-state index contributed by atoms with van der Waals surface area (Å²) in [7, 11) is -2.90. The van der Waals surface area contributed by atoms with E-state index in [2.05, 4.69) is 24.4 Å². The molecule has 0 radical (unpaired) electrons. The summed E-state index contributed by atoms with van der Waals surface area (Å²) in [5, 5.41) is 0. The summed E-state index contributed by atoms with van der Waals surface area (Å²) in [5.74, 6) is 0. The minimum Gasteiger partial charge on any atom is -0.498 e. The maximum Gasteiger partial charge on any atom is 0.472 e. The van der Waals surface area contributed by atoms with Crippen molar-refractivity contribution in [2.24, 2.45) is 0 Å². The van der Waals surface area contributed by atoms with Gasteiger partial charge < -0.3 is 14.4 Å². The summed E-state index contributed by atoms with van der Waals surface area (Å²) in [6, 6.07) is 0. The van der Waals surface area contributed by atoms with E-state index in [4.69, 9.17) is 14.0 Å². The molecular weight excluding hydrogens is 607 g/mol. The van der Waals surface area contributed by atoms with Crippen molar-refractivity contribution in [3.8, 4) is 0 Å². The third kappa shape index (κ3) is 37.9. The molecule has 47 heavy (non-hydrogen) atoms. The molecule has 0 aromatic rings. The Hall–Kier alpha value is -0.810. The molecule has 0 fully saturated rings. The van der Waals surface area contributed by atoms with Gasteiger partial charge in [0, 0.05) is 7.11 Å². The fourth-order valence-electron chi connectivity index (χ4n) is 5.80. The van der Waals surface area contributed by atoms with Crippen LogP contribution in [-0.4, -0.2) is 31.3 Å². The molecule has 0 heterocycles. The first-order valence-corrected chi connectivity index (χ1v) is 21.6. The SMILES string of the molecule is CCCCCCCCCCCCCCCCC=COC[C@H](COP(=O)(O)OC)OC=CCCCCCCCCCCCCCCCC. The summed E-state index contributed by atoms with van der Waals surface area (Å²) in [6.45, 7) is 4.71. The van der Waals surface area contributed by atoms with Gasteiger partial charge in [0.15, 0.2) is 6.10 Å². The van der Waals surface area contributed by atoms with E-state index in [1.165, 1.54) is 173 Å². The lowest BCUT2D eigenvalue weighted by atomic mass is 10.0. The predicted octanol–water partition coefficient (Wildman–Crippen LogP) is 13.9. The van der Waals surface area contributed by atoms with Gasteiger partial charge in [-0.2, -0.15) is 0 Å². The molecule has 0 aliphatic heterocycles. The van der Waals surface area contributed by atoms with Gasteiger partial charge in [-0.15, -0.1) is 0 Å². The van der Waals surface area contributed by atoms with Crippen LogP contribution in [0.1, 0.15) is 206 Å². The van der Waals surface area contributed by atoms with E-state index in [0.29, 0.717) is 0 Å². The molecule has 7 heteroatoms. The van der Waals surface area contributed by atoms with Crippen LogP contribution in [0.3, 0.4) is 0 Å². The molecule has 0 aliphatic carbocycles. The average Bonchev–Trinajstić information content (AvgIpc) is 3.07. The molecule has 0 amide bonds. The first-order chi connectivity index (χ1) is 23.1. The fraction of sp³-hybridized carbons (Fsp3) is 0.900. The number of hydrogen-bond donors (Lipinski definition) is 1. The molecule has 1 unspecified atom stereocenters. The van der Waals surface area contributed by atoms with Gasteiger partial charge in [-0.3, -0.25) is 9.05 Å². The highest BCUT2D eigenvalue weighted by atomic mass is 31.2. The third-order valence-electron chi connectivity index (χ3n) is 8.94. The van der Waals surface area contributed by atoms with Gasteiger partial charge in [0.2, 0.25) is 0 Å². The van der Waals surface area contributed by atoms with Crippen LogP contribution < -0.4 is 0 Å². The second-order valence-electron chi connectivity index (χ2n) is 13.6. The van der Waals surface area contributed by atoms with Crippen molar-refractivity contribution in [3.05, 3.63) is 24.7 Å². The van der Waals surface area contributed by atoms with E-state index >= 15 is 0 Å². The number of hydrogen-bond acceptors (Lipinski definition) is 5. The summed E-state index contributed by atoms with van der Waals surface area (Å²) in [5.41, 5.74) is 0. The van der Waals surface area contributed by atoms with E-state index in [0.717, 1.165) is 26.4 Å². The van der Waals surface area contributed by atoms with Crippen LogP contribution in [0, 0.1) is 0 Å². The monoisotopic (exact) mass is 687 g/mol. The lowest BCUT2D eigenvalue weighted by molar-refractivity contribution is 0.0224. The van der Waals surface area contributed by atoms with E-state index in [-0.39, 0.29) is 13.2 Å². The van der Waals surface area contributed by atoms with Crippen molar-refractivity contribution < 1.29 is 28.0 Å². The first-order valence-electron chi connectivity index (χ1n) is 20.2. The molecule has 6 nitrogen and oxygen atoms in total. The van der Waals surface area contributed by atoms with Crippen LogP contribution in [0.5, 0.6) is 0 Å². The number of phosphoric ester groups is 1.